The lowest BCUT2D eigenvalue weighted by atomic mass is 9.85. The highest BCUT2D eigenvalue weighted by atomic mass is 16.5. The van der Waals surface area contributed by atoms with Crippen LogP contribution in [-0.4, -0.2) is 47.2 Å². The molecule has 3 aliphatic heterocycles. The maximum atomic E-state index is 12.9. The minimum atomic E-state index is -0.268. The third-order valence-corrected chi connectivity index (χ3v) is 7.30. The summed E-state index contributed by atoms with van der Waals surface area (Å²) in [7, 11) is 0. The summed E-state index contributed by atoms with van der Waals surface area (Å²) in [4.78, 5) is 27.4. The first-order valence-corrected chi connectivity index (χ1v) is 10.5. The number of carbonyl (C=O) groups is 2. The first kappa shape index (κ1) is 16.9. The molecule has 26 heavy (non-hydrogen) atoms. The number of imide groups is 1. The van der Waals surface area contributed by atoms with Crippen LogP contribution in [0.4, 0.5) is 0 Å². The molecule has 0 radical (unpaired) electrons. The Balaban J connectivity index is 1.17. The average Bonchev–Trinajstić information content (AvgIpc) is 3.32. The molecular formula is C21H29NO4. The predicted octanol–water partition coefficient (Wildman–Crippen LogP) is 2.83. The van der Waals surface area contributed by atoms with Gasteiger partial charge in [0.2, 0.25) is 11.8 Å². The summed E-state index contributed by atoms with van der Waals surface area (Å²) < 4.78 is 12.1. The second-order valence-electron chi connectivity index (χ2n) is 9.00. The lowest BCUT2D eigenvalue weighted by Gasteiger charge is -2.36. The number of amides is 2. The van der Waals surface area contributed by atoms with E-state index in [-0.39, 0.29) is 41.9 Å². The molecule has 2 bridgehead atoms. The van der Waals surface area contributed by atoms with Gasteiger partial charge in [-0.3, -0.25) is 14.5 Å². The van der Waals surface area contributed by atoms with Crippen molar-refractivity contribution in [1.29, 1.82) is 0 Å². The largest absolute Gasteiger partial charge is 0.375 e. The summed E-state index contributed by atoms with van der Waals surface area (Å²) in [6.07, 6.45) is 12.9. The van der Waals surface area contributed by atoms with Crippen molar-refractivity contribution in [2.75, 3.05) is 0 Å². The molecule has 2 aliphatic carbocycles. The zero-order chi connectivity index (χ0) is 17.8. The Morgan fingerprint density at radius 3 is 1.88 bits per heavy atom. The zero-order valence-electron chi connectivity index (χ0n) is 15.5. The van der Waals surface area contributed by atoms with Crippen LogP contribution in [0.25, 0.3) is 0 Å². The number of carbonyl (C=O) groups excluding carboxylic acids is 2. The Hall–Kier alpha value is -1.20. The normalized spacial score (nSPS) is 47.7. The lowest BCUT2D eigenvalue weighted by molar-refractivity contribution is -0.147. The summed E-state index contributed by atoms with van der Waals surface area (Å²) >= 11 is 0. The van der Waals surface area contributed by atoms with E-state index in [1.54, 1.807) is 4.90 Å². The highest BCUT2D eigenvalue weighted by Crippen LogP contribution is 2.46. The van der Waals surface area contributed by atoms with Crippen LogP contribution in [0.5, 0.6) is 0 Å². The fourth-order valence-electron chi connectivity index (χ4n) is 5.76. The number of likely N-dealkylation sites (tertiary alicyclic amines) is 1. The summed E-state index contributed by atoms with van der Waals surface area (Å²) in [5.74, 6) is 0.308. The van der Waals surface area contributed by atoms with Crippen LogP contribution in [-0.2, 0) is 19.1 Å². The van der Waals surface area contributed by atoms with Gasteiger partial charge >= 0.3 is 0 Å². The molecule has 4 atom stereocenters. The maximum absolute atomic E-state index is 12.9. The van der Waals surface area contributed by atoms with E-state index in [9.17, 15) is 9.59 Å². The van der Waals surface area contributed by atoms with Crippen molar-refractivity contribution in [2.45, 2.75) is 88.7 Å². The Kier molecular flexibility index (Phi) is 4.20. The van der Waals surface area contributed by atoms with Gasteiger partial charge in [-0.2, -0.15) is 0 Å². The van der Waals surface area contributed by atoms with Crippen molar-refractivity contribution in [1.82, 2.24) is 4.90 Å². The van der Waals surface area contributed by atoms with Crippen molar-refractivity contribution >= 4 is 11.8 Å². The monoisotopic (exact) mass is 359 g/mol. The van der Waals surface area contributed by atoms with E-state index in [1.807, 2.05) is 12.2 Å². The average molecular weight is 359 g/mol. The maximum Gasteiger partial charge on any atom is 0.236 e. The second kappa shape index (κ2) is 6.45. The van der Waals surface area contributed by atoms with Gasteiger partial charge in [0.15, 0.2) is 0 Å². The van der Waals surface area contributed by atoms with Gasteiger partial charge in [0.25, 0.3) is 0 Å². The van der Waals surface area contributed by atoms with Crippen LogP contribution < -0.4 is 0 Å². The van der Waals surface area contributed by atoms with E-state index in [1.165, 1.54) is 25.7 Å². The molecule has 3 heterocycles. The van der Waals surface area contributed by atoms with Gasteiger partial charge in [-0.1, -0.05) is 19.1 Å². The molecule has 0 aromatic carbocycles. The highest BCUT2D eigenvalue weighted by molar-refractivity contribution is 6.07. The van der Waals surface area contributed by atoms with Gasteiger partial charge < -0.3 is 9.47 Å². The van der Waals surface area contributed by atoms with Crippen LogP contribution in [0.2, 0.25) is 0 Å². The van der Waals surface area contributed by atoms with Gasteiger partial charge in [0, 0.05) is 6.04 Å². The molecule has 5 nitrogen and oxygen atoms in total. The molecule has 4 fully saturated rings. The van der Waals surface area contributed by atoms with Gasteiger partial charge in [-0.05, 0) is 57.3 Å². The van der Waals surface area contributed by atoms with Crippen LogP contribution in [0.3, 0.4) is 0 Å². The van der Waals surface area contributed by atoms with Gasteiger partial charge in [0.05, 0.1) is 36.3 Å². The molecule has 4 unspecified atom stereocenters. The number of hydrogen-bond donors (Lipinski definition) is 0. The van der Waals surface area contributed by atoms with E-state index in [4.69, 9.17) is 9.47 Å². The fourth-order valence-corrected chi connectivity index (χ4v) is 5.76. The summed E-state index contributed by atoms with van der Waals surface area (Å²) in [6.45, 7) is 2.33. The number of hydrogen-bond acceptors (Lipinski definition) is 4. The number of ether oxygens (including phenoxy) is 2. The molecule has 5 rings (SSSR count). The van der Waals surface area contributed by atoms with Gasteiger partial charge in [-0.25, -0.2) is 0 Å². The second-order valence-corrected chi connectivity index (χ2v) is 9.00. The van der Waals surface area contributed by atoms with Crippen molar-refractivity contribution < 1.29 is 19.1 Å². The third-order valence-electron chi connectivity index (χ3n) is 7.30. The molecule has 0 aromatic rings. The number of nitrogens with zero attached hydrogens (tertiary/aromatic N) is 1. The highest BCUT2D eigenvalue weighted by Gasteiger charge is 2.61. The van der Waals surface area contributed by atoms with Crippen LogP contribution >= 0.6 is 0 Å². The first-order chi connectivity index (χ1) is 12.6. The molecule has 0 spiro atoms. The Labute approximate surface area is 155 Å². The van der Waals surface area contributed by atoms with Crippen molar-refractivity contribution in [3.63, 3.8) is 0 Å². The smallest absolute Gasteiger partial charge is 0.236 e. The standard InChI is InChI=1S/C21H29NO4/c1-12-2-6-14(7-3-12)25-15-8-4-13(5-9-15)22-20(23)18-16-10-11-17(26-16)19(18)21(22)24/h10-19H,2-9H2,1H3. The van der Waals surface area contributed by atoms with E-state index in [2.05, 4.69) is 6.92 Å². The summed E-state index contributed by atoms with van der Waals surface area (Å²) in [5.41, 5.74) is 0. The molecule has 0 N–H and O–H groups in total. The van der Waals surface area contributed by atoms with E-state index in [0.717, 1.165) is 31.6 Å². The predicted molar refractivity (Wildman–Crippen MR) is 95.2 cm³/mol. The van der Waals surface area contributed by atoms with Crippen molar-refractivity contribution in [3.05, 3.63) is 12.2 Å². The van der Waals surface area contributed by atoms with Crippen LogP contribution in [0.1, 0.15) is 58.3 Å². The Bertz CT molecular complexity index is 586. The molecule has 142 valence electrons. The SMILES string of the molecule is CC1CCC(OC2CCC(N3C(=O)C4C5C=CC(O5)C4C3=O)CC2)CC1. The molecule has 2 amide bonds. The molecule has 2 saturated heterocycles. The quantitative estimate of drug-likeness (QED) is 0.574. The number of rotatable bonds is 3. The molecule has 5 aliphatic rings. The topological polar surface area (TPSA) is 55.8 Å². The number of fused-ring (bicyclic) bond motifs is 5. The van der Waals surface area contributed by atoms with E-state index >= 15 is 0 Å². The van der Waals surface area contributed by atoms with Crippen LogP contribution in [0.15, 0.2) is 12.2 Å². The molecular weight excluding hydrogens is 330 g/mol. The lowest BCUT2D eigenvalue weighted by Crippen LogP contribution is -2.45. The third kappa shape index (κ3) is 2.66. The van der Waals surface area contributed by atoms with Gasteiger partial charge in [0.1, 0.15) is 0 Å². The van der Waals surface area contributed by atoms with Gasteiger partial charge in [-0.15, -0.1) is 0 Å². The summed E-state index contributed by atoms with van der Waals surface area (Å²) in [5, 5.41) is 0. The van der Waals surface area contributed by atoms with E-state index in [0.29, 0.717) is 12.2 Å². The van der Waals surface area contributed by atoms with Crippen molar-refractivity contribution in [2.24, 2.45) is 17.8 Å². The Morgan fingerprint density at radius 1 is 0.846 bits per heavy atom. The van der Waals surface area contributed by atoms with E-state index < -0.39 is 0 Å². The molecule has 2 saturated carbocycles. The zero-order valence-corrected chi connectivity index (χ0v) is 15.5. The fraction of sp³-hybridized carbons (Fsp3) is 0.810. The first-order valence-electron chi connectivity index (χ1n) is 10.5. The minimum Gasteiger partial charge on any atom is -0.375 e. The van der Waals surface area contributed by atoms with Crippen molar-refractivity contribution in [3.8, 4) is 0 Å². The Morgan fingerprint density at radius 2 is 1.35 bits per heavy atom. The minimum absolute atomic E-state index is 0.00230. The van der Waals surface area contributed by atoms with Crippen LogP contribution in [0, 0.1) is 17.8 Å². The molecule has 0 aromatic heterocycles. The molecule has 5 heteroatoms. The summed E-state index contributed by atoms with van der Waals surface area (Å²) in [6, 6.07) is 0.0613.